The van der Waals surface area contributed by atoms with Crippen molar-refractivity contribution in [1.29, 1.82) is 0 Å². The molecule has 1 rings (SSSR count). The zero-order valence-electron chi connectivity index (χ0n) is 9.55. The molecule has 0 aromatic heterocycles. The van der Waals surface area contributed by atoms with Gasteiger partial charge in [0.1, 0.15) is 0 Å². The van der Waals surface area contributed by atoms with E-state index in [-0.39, 0.29) is 0 Å². The minimum Gasteiger partial charge on any atom is -0.306 e. The largest absolute Gasteiger partial charge is 0.306 e. The predicted molar refractivity (Wildman–Crippen MR) is 59.0 cm³/mol. The zero-order valence-corrected chi connectivity index (χ0v) is 9.55. The summed E-state index contributed by atoms with van der Waals surface area (Å²) in [6, 6.07) is 0.852. The first kappa shape index (κ1) is 11.0. The smallest absolute Gasteiger partial charge is 0.0117 e. The highest BCUT2D eigenvalue weighted by molar-refractivity contribution is 4.77. The first-order chi connectivity index (χ1) is 6.25. The molecule has 1 saturated carbocycles. The average Bonchev–Trinajstić information content (AvgIpc) is 2.03. The third-order valence-corrected chi connectivity index (χ3v) is 3.56. The van der Waals surface area contributed by atoms with E-state index >= 15 is 0 Å². The lowest BCUT2D eigenvalue weighted by Gasteiger charge is -2.33. The van der Waals surface area contributed by atoms with Crippen molar-refractivity contribution < 1.29 is 0 Å². The van der Waals surface area contributed by atoms with Gasteiger partial charge in [-0.2, -0.15) is 0 Å². The monoisotopic (exact) mass is 183 g/mol. The highest BCUT2D eigenvalue weighted by Crippen LogP contribution is 2.27. The summed E-state index contributed by atoms with van der Waals surface area (Å²) < 4.78 is 0. The van der Waals surface area contributed by atoms with Crippen molar-refractivity contribution in [3.63, 3.8) is 0 Å². The first-order valence-electron chi connectivity index (χ1n) is 5.92. The van der Waals surface area contributed by atoms with E-state index in [9.17, 15) is 0 Å². The van der Waals surface area contributed by atoms with Gasteiger partial charge in [0, 0.05) is 6.04 Å². The van der Waals surface area contributed by atoms with Gasteiger partial charge in [0.2, 0.25) is 0 Å². The topological polar surface area (TPSA) is 3.24 Å². The molecule has 0 aliphatic heterocycles. The lowest BCUT2D eigenvalue weighted by Crippen LogP contribution is -2.35. The van der Waals surface area contributed by atoms with E-state index < -0.39 is 0 Å². The van der Waals surface area contributed by atoms with Crippen LogP contribution in [0.2, 0.25) is 0 Å². The number of rotatable bonds is 2. The molecule has 1 nitrogen and oxygen atoms in total. The van der Waals surface area contributed by atoms with Crippen LogP contribution in [0.4, 0.5) is 0 Å². The van der Waals surface area contributed by atoms with Gasteiger partial charge in [0.25, 0.3) is 0 Å². The molecule has 0 spiro atoms. The summed E-state index contributed by atoms with van der Waals surface area (Å²) in [7, 11) is 4.49. The highest BCUT2D eigenvalue weighted by atomic mass is 15.1. The number of hydrogen-bond acceptors (Lipinski definition) is 1. The molecular weight excluding hydrogens is 158 g/mol. The fraction of sp³-hybridized carbons (Fsp3) is 1.00. The molecule has 0 saturated heterocycles. The molecule has 0 bridgehead atoms. The summed E-state index contributed by atoms with van der Waals surface area (Å²) in [6.07, 6.45) is 10.1. The van der Waals surface area contributed by atoms with Gasteiger partial charge in [0.05, 0.1) is 0 Å². The lowest BCUT2D eigenvalue weighted by molar-refractivity contribution is 0.168. The van der Waals surface area contributed by atoms with Crippen LogP contribution < -0.4 is 0 Å². The van der Waals surface area contributed by atoms with E-state index in [4.69, 9.17) is 0 Å². The van der Waals surface area contributed by atoms with Crippen LogP contribution in [0.1, 0.15) is 51.9 Å². The maximum Gasteiger partial charge on any atom is 0.0117 e. The Morgan fingerprint density at radius 3 is 2.15 bits per heavy atom. The van der Waals surface area contributed by atoms with Gasteiger partial charge in [-0.15, -0.1) is 0 Å². The molecule has 1 aliphatic carbocycles. The van der Waals surface area contributed by atoms with Gasteiger partial charge in [-0.3, -0.25) is 0 Å². The average molecular weight is 183 g/mol. The van der Waals surface area contributed by atoms with Crippen molar-refractivity contribution in [3.05, 3.63) is 0 Å². The van der Waals surface area contributed by atoms with E-state index in [1.165, 1.54) is 44.9 Å². The molecule has 0 amide bonds. The van der Waals surface area contributed by atoms with Crippen LogP contribution >= 0.6 is 0 Å². The molecule has 0 heterocycles. The summed E-state index contributed by atoms with van der Waals surface area (Å²) >= 11 is 0. The summed E-state index contributed by atoms with van der Waals surface area (Å²) in [6.45, 7) is 2.35. The van der Waals surface area contributed by atoms with Crippen LogP contribution in [0.15, 0.2) is 0 Å². The maximum atomic E-state index is 2.44. The van der Waals surface area contributed by atoms with Gasteiger partial charge in [0.15, 0.2) is 0 Å². The quantitative estimate of drug-likeness (QED) is 0.635. The van der Waals surface area contributed by atoms with Gasteiger partial charge < -0.3 is 4.90 Å². The zero-order chi connectivity index (χ0) is 9.68. The van der Waals surface area contributed by atoms with Crippen LogP contribution in [-0.2, 0) is 0 Å². The molecule has 0 aromatic rings. The predicted octanol–water partition coefficient (Wildman–Crippen LogP) is 3.30. The Morgan fingerprint density at radius 2 is 1.62 bits per heavy atom. The van der Waals surface area contributed by atoms with Crippen molar-refractivity contribution >= 4 is 0 Å². The molecule has 13 heavy (non-hydrogen) atoms. The van der Waals surface area contributed by atoms with Crippen molar-refractivity contribution in [1.82, 2.24) is 4.90 Å². The second-order valence-electron chi connectivity index (χ2n) is 4.69. The van der Waals surface area contributed by atoms with Gasteiger partial charge in [-0.1, -0.05) is 39.0 Å². The van der Waals surface area contributed by atoms with Gasteiger partial charge >= 0.3 is 0 Å². The van der Waals surface area contributed by atoms with Gasteiger partial charge in [-0.25, -0.2) is 0 Å². The Bertz CT molecular complexity index is 131. The van der Waals surface area contributed by atoms with Gasteiger partial charge in [-0.05, 0) is 32.9 Å². The second kappa shape index (κ2) is 5.64. The molecule has 0 aromatic carbocycles. The van der Waals surface area contributed by atoms with Crippen molar-refractivity contribution in [3.8, 4) is 0 Å². The molecule has 0 N–H and O–H groups in total. The summed E-state index contributed by atoms with van der Waals surface area (Å²) in [5.41, 5.74) is 0. The third-order valence-electron chi connectivity index (χ3n) is 3.56. The van der Waals surface area contributed by atoms with E-state index in [1.807, 2.05) is 0 Å². The van der Waals surface area contributed by atoms with Crippen molar-refractivity contribution in [2.75, 3.05) is 14.1 Å². The minimum atomic E-state index is 0.852. The molecular formula is C12H25N. The first-order valence-corrected chi connectivity index (χ1v) is 5.92. The second-order valence-corrected chi connectivity index (χ2v) is 4.69. The molecule has 1 aliphatic rings. The number of hydrogen-bond donors (Lipinski definition) is 0. The Balaban J connectivity index is 2.50. The van der Waals surface area contributed by atoms with Crippen LogP contribution in [0.5, 0.6) is 0 Å². The van der Waals surface area contributed by atoms with E-state index in [0.29, 0.717) is 0 Å². The van der Waals surface area contributed by atoms with Crippen LogP contribution in [0.3, 0.4) is 0 Å². The lowest BCUT2D eigenvalue weighted by atomic mass is 9.84. The minimum absolute atomic E-state index is 0.852. The van der Waals surface area contributed by atoms with Crippen molar-refractivity contribution in [2.45, 2.75) is 57.9 Å². The fourth-order valence-electron chi connectivity index (χ4n) is 2.70. The number of nitrogens with zero attached hydrogens (tertiary/aromatic N) is 1. The molecule has 1 heteroatoms. The Morgan fingerprint density at radius 1 is 1.00 bits per heavy atom. The van der Waals surface area contributed by atoms with E-state index in [1.54, 1.807) is 0 Å². The third kappa shape index (κ3) is 3.30. The fourth-order valence-corrected chi connectivity index (χ4v) is 2.70. The standard InChI is InChI=1S/C12H25N/c1-4-11-9-7-5-6-8-10-12(11)13(2)3/h11-12H,4-10H2,1-3H3. The molecule has 2 unspecified atom stereocenters. The summed E-state index contributed by atoms with van der Waals surface area (Å²) in [5.74, 6) is 0.954. The molecule has 78 valence electrons. The normalized spacial score (nSPS) is 31.4. The van der Waals surface area contributed by atoms with Crippen molar-refractivity contribution in [2.24, 2.45) is 5.92 Å². The molecule has 2 atom stereocenters. The molecule has 0 radical (unpaired) electrons. The van der Waals surface area contributed by atoms with Crippen LogP contribution in [0, 0.1) is 5.92 Å². The SMILES string of the molecule is CCC1CCCCCCC1N(C)C. The summed E-state index contributed by atoms with van der Waals surface area (Å²) in [5, 5.41) is 0. The summed E-state index contributed by atoms with van der Waals surface area (Å²) in [4.78, 5) is 2.44. The van der Waals surface area contributed by atoms with E-state index in [2.05, 4.69) is 25.9 Å². The molecule has 1 fully saturated rings. The van der Waals surface area contributed by atoms with Crippen LogP contribution in [-0.4, -0.2) is 25.0 Å². The van der Waals surface area contributed by atoms with Crippen LogP contribution in [0.25, 0.3) is 0 Å². The Labute approximate surface area is 83.5 Å². The van der Waals surface area contributed by atoms with E-state index in [0.717, 1.165) is 12.0 Å². The Kier molecular flexibility index (Phi) is 4.79. The Hall–Kier alpha value is -0.0400. The maximum absolute atomic E-state index is 2.44. The highest BCUT2D eigenvalue weighted by Gasteiger charge is 2.22.